The highest BCUT2D eigenvalue weighted by molar-refractivity contribution is 6.24. The third kappa shape index (κ3) is 6.50. The van der Waals surface area contributed by atoms with Crippen LogP contribution >= 0.6 is 0 Å². The van der Waals surface area contributed by atoms with E-state index < -0.39 is 5.91 Å². The molecule has 0 radical (unpaired) electrons. The van der Waals surface area contributed by atoms with Crippen molar-refractivity contribution in [1.29, 1.82) is 0 Å². The van der Waals surface area contributed by atoms with Crippen molar-refractivity contribution in [2.24, 2.45) is 0 Å². The van der Waals surface area contributed by atoms with Crippen molar-refractivity contribution in [3.8, 4) is 11.5 Å². The molecule has 1 saturated carbocycles. The molecule has 0 unspecified atom stereocenters. The van der Waals surface area contributed by atoms with Crippen LogP contribution < -0.4 is 25.2 Å². The van der Waals surface area contributed by atoms with Crippen molar-refractivity contribution in [2.45, 2.75) is 18.9 Å². The first-order valence-corrected chi connectivity index (χ1v) is 13.6. The molecule has 1 saturated heterocycles. The van der Waals surface area contributed by atoms with Gasteiger partial charge in [0.25, 0.3) is 17.7 Å². The molecular weight excluding hydrogens is 540 g/mol. The summed E-state index contributed by atoms with van der Waals surface area (Å²) in [5.41, 5.74) is 4.21. The predicted octanol–water partition coefficient (Wildman–Crippen LogP) is 2.39. The van der Waals surface area contributed by atoms with E-state index in [-0.39, 0.29) is 23.4 Å². The van der Waals surface area contributed by atoms with Crippen molar-refractivity contribution < 1.29 is 29.1 Å². The van der Waals surface area contributed by atoms with Crippen molar-refractivity contribution >= 4 is 35.3 Å². The van der Waals surface area contributed by atoms with Crippen LogP contribution in [0.2, 0.25) is 0 Å². The van der Waals surface area contributed by atoms with Crippen LogP contribution in [0.3, 0.4) is 0 Å². The first-order valence-electron chi connectivity index (χ1n) is 13.6. The summed E-state index contributed by atoms with van der Waals surface area (Å²) >= 11 is 0. The van der Waals surface area contributed by atoms with E-state index in [0.717, 1.165) is 18.4 Å². The summed E-state index contributed by atoms with van der Waals surface area (Å²) in [5, 5.41) is 11.8. The molecule has 1 aromatic heterocycles. The quantitative estimate of drug-likeness (QED) is 0.152. The first-order chi connectivity index (χ1) is 20.4. The lowest BCUT2D eigenvalue weighted by Gasteiger charge is -2.34. The molecule has 3 amide bonds. The second-order valence-corrected chi connectivity index (χ2v) is 9.99. The third-order valence-corrected chi connectivity index (χ3v) is 7.17. The fraction of sp³-hybridized carbons (Fsp3) is 0.300. The Morgan fingerprint density at radius 3 is 2.12 bits per heavy atom. The number of hydroxylamine groups is 1. The lowest BCUT2D eigenvalue weighted by atomic mass is 10.0. The van der Waals surface area contributed by atoms with Gasteiger partial charge in [0.1, 0.15) is 0 Å². The maximum absolute atomic E-state index is 13.2. The van der Waals surface area contributed by atoms with Gasteiger partial charge in [-0.15, -0.1) is 0 Å². The lowest BCUT2D eigenvalue weighted by Crippen LogP contribution is -2.49. The molecule has 5 rings (SSSR count). The fourth-order valence-corrected chi connectivity index (χ4v) is 4.62. The number of amides is 3. The van der Waals surface area contributed by atoms with Gasteiger partial charge < -0.3 is 24.6 Å². The number of methoxy groups -OCH3 is 2. The molecule has 3 aromatic rings. The van der Waals surface area contributed by atoms with E-state index in [1.807, 2.05) is 23.1 Å². The van der Waals surface area contributed by atoms with Gasteiger partial charge in [0, 0.05) is 55.8 Å². The zero-order valence-electron chi connectivity index (χ0n) is 23.4. The molecule has 3 N–H and O–H groups in total. The summed E-state index contributed by atoms with van der Waals surface area (Å²) < 4.78 is 10.8. The number of anilines is 1. The molecule has 42 heavy (non-hydrogen) atoms. The molecule has 2 aromatic carbocycles. The molecule has 0 bridgehead atoms. The summed E-state index contributed by atoms with van der Waals surface area (Å²) in [5.74, 6) is 0.606. The van der Waals surface area contributed by atoms with Crippen LogP contribution in [0.4, 0.5) is 5.95 Å². The zero-order valence-corrected chi connectivity index (χ0v) is 23.4. The van der Waals surface area contributed by atoms with Crippen LogP contribution in [0.25, 0.3) is 11.6 Å². The number of aromatic nitrogens is 2. The molecule has 2 aliphatic rings. The van der Waals surface area contributed by atoms with Gasteiger partial charge in [-0.25, -0.2) is 15.4 Å². The van der Waals surface area contributed by atoms with Crippen molar-refractivity contribution in [2.75, 3.05) is 45.3 Å². The number of piperazine rings is 1. The number of rotatable bonds is 9. The maximum atomic E-state index is 13.2. The van der Waals surface area contributed by atoms with E-state index in [1.165, 1.54) is 12.4 Å². The number of hydrogen-bond donors (Lipinski definition) is 3. The zero-order chi connectivity index (χ0) is 29.6. The maximum Gasteiger partial charge on any atom is 0.277 e. The molecular formula is C30H32N6O6. The second-order valence-electron chi connectivity index (χ2n) is 9.99. The van der Waals surface area contributed by atoms with E-state index in [1.54, 1.807) is 54.9 Å². The van der Waals surface area contributed by atoms with Gasteiger partial charge in [0.05, 0.1) is 19.8 Å². The summed E-state index contributed by atoms with van der Waals surface area (Å²) in [4.78, 5) is 50.0. The van der Waals surface area contributed by atoms with Crippen LogP contribution in [0.1, 0.15) is 44.7 Å². The largest absolute Gasteiger partial charge is 0.493 e. The molecule has 1 aliphatic heterocycles. The smallest absolute Gasteiger partial charge is 0.277 e. The normalized spacial score (nSPS) is 15.2. The van der Waals surface area contributed by atoms with Gasteiger partial charge in [0.2, 0.25) is 5.95 Å². The molecule has 12 heteroatoms. The standard InChI is InChI=1S/C30H32N6O6/c1-41-25-10-7-21(16-26(25)42-2)24(28(38)33-23-8-9-23)15-19-3-5-20(6-4-19)29(39)35-11-13-36(14-12-35)30-31-17-22(18-32-30)27(37)34-40/h3-7,10,15-18,23,40H,8-9,11-14H2,1-2H3,(H,33,38)(H,34,37). The molecule has 1 aliphatic carbocycles. The Balaban J connectivity index is 1.27. The van der Waals surface area contributed by atoms with E-state index in [4.69, 9.17) is 14.7 Å². The highest BCUT2D eigenvalue weighted by Crippen LogP contribution is 2.32. The minimum atomic E-state index is -0.683. The second kappa shape index (κ2) is 12.7. The lowest BCUT2D eigenvalue weighted by molar-refractivity contribution is -0.115. The molecule has 0 atom stereocenters. The Morgan fingerprint density at radius 1 is 0.881 bits per heavy atom. The van der Waals surface area contributed by atoms with Gasteiger partial charge in [-0.2, -0.15) is 0 Å². The molecule has 2 heterocycles. The van der Waals surface area contributed by atoms with Crippen molar-refractivity contribution in [3.05, 3.63) is 77.1 Å². The Bertz CT molecular complexity index is 1480. The SMILES string of the molecule is COc1ccc(C(=Cc2ccc(C(=O)N3CCN(c4ncc(C(=O)NO)cn4)CC3)cc2)C(=O)NC2CC2)cc1OC. The third-order valence-electron chi connectivity index (χ3n) is 7.17. The highest BCUT2D eigenvalue weighted by atomic mass is 16.5. The molecule has 218 valence electrons. The molecule has 0 spiro atoms. The van der Waals surface area contributed by atoms with E-state index in [0.29, 0.717) is 60.3 Å². The number of carbonyl (C=O) groups excluding carboxylic acids is 3. The van der Waals surface area contributed by atoms with Gasteiger partial charge in [0.15, 0.2) is 11.5 Å². The summed E-state index contributed by atoms with van der Waals surface area (Å²) in [6, 6.07) is 12.7. The van der Waals surface area contributed by atoms with E-state index >= 15 is 0 Å². The Hall–Kier alpha value is -4.97. The molecule has 2 fully saturated rings. The average Bonchev–Trinajstić information content (AvgIpc) is 3.87. The number of hydrogen-bond acceptors (Lipinski definition) is 9. The number of nitrogens with zero attached hydrogens (tertiary/aromatic N) is 4. The fourth-order valence-electron chi connectivity index (χ4n) is 4.62. The van der Waals surface area contributed by atoms with E-state index in [9.17, 15) is 14.4 Å². The first kappa shape index (κ1) is 28.6. The number of ether oxygens (including phenoxy) is 2. The van der Waals surface area contributed by atoms with Gasteiger partial charge in [-0.1, -0.05) is 18.2 Å². The molecule has 12 nitrogen and oxygen atoms in total. The van der Waals surface area contributed by atoms with Crippen LogP contribution in [0.15, 0.2) is 54.9 Å². The van der Waals surface area contributed by atoms with Gasteiger partial charge in [-0.3, -0.25) is 19.6 Å². The summed E-state index contributed by atoms with van der Waals surface area (Å²) in [7, 11) is 3.11. The highest BCUT2D eigenvalue weighted by Gasteiger charge is 2.26. The van der Waals surface area contributed by atoms with Crippen molar-refractivity contribution in [3.63, 3.8) is 0 Å². The Morgan fingerprint density at radius 2 is 1.52 bits per heavy atom. The average molecular weight is 573 g/mol. The Kier molecular flexibility index (Phi) is 8.63. The number of nitrogens with one attached hydrogen (secondary N) is 2. The minimum absolute atomic E-state index is 0.0901. The summed E-state index contributed by atoms with van der Waals surface area (Å²) in [6.45, 7) is 2.02. The van der Waals surface area contributed by atoms with Crippen LogP contribution in [0, 0.1) is 0 Å². The predicted molar refractivity (Wildman–Crippen MR) is 154 cm³/mol. The van der Waals surface area contributed by atoms with Crippen LogP contribution in [0.5, 0.6) is 11.5 Å². The summed E-state index contributed by atoms with van der Waals surface area (Å²) in [6.07, 6.45) is 6.43. The Labute approximate surface area is 242 Å². The minimum Gasteiger partial charge on any atom is -0.493 e. The van der Waals surface area contributed by atoms with Crippen LogP contribution in [-0.2, 0) is 4.79 Å². The van der Waals surface area contributed by atoms with Gasteiger partial charge in [-0.05, 0) is 54.3 Å². The topological polar surface area (TPSA) is 146 Å². The monoisotopic (exact) mass is 572 g/mol. The van der Waals surface area contributed by atoms with Crippen LogP contribution in [-0.4, -0.2) is 84.2 Å². The van der Waals surface area contributed by atoms with E-state index in [2.05, 4.69) is 15.3 Å². The van der Waals surface area contributed by atoms with Gasteiger partial charge >= 0.3 is 0 Å². The van der Waals surface area contributed by atoms with Crippen molar-refractivity contribution in [1.82, 2.24) is 25.7 Å². The number of benzene rings is 2. The number of carbonyl (C=O) groups is 3.